The third-order valence-electron chi connectivity index (χ3n) is 12.8. The zero-order chi connectivity index (χ0) is 38.5. The standard InChI is InChI=1S/C57H38O/c1-57(2)50-28-26-38(34-49(50)56-42-18-4-3-13-35(42)25-29-51(56)57)36-14-11-16-40(31-36)54-44-20-5-7-22-46(44)55(47-23-8-6-21-45(47)54)41-17-12-15-37(32-41)39-27-30-53-48(33-39)43-19-9-10-24-52(43)58-53/h3-34H,1-2H3. The van der Waals surface area contributed by atoms with Gasteiger partial charge in [0, 0.05) is 16.2 Å². The number of para-hydroxylation sites is 1. The molecule has 58 heavy (non-hydrogen) atoms. The highest BCUT2D eigenvalue weighted by Gasteiger charge is 2.36. The van der Waals surface area contributed by atoms with Crippen molar-refractivity contribution < 1.29 is 4.42 Å². The molecule has 1 heteroatoms. The van der Waals surface area contributed by atoms with Crippen LogP contribution in [0.4, 0.5) is 0 Å². The van der Waals surface area contributed by atoms with E-state index in [0.29, 0.717) is 0 Å². The predicted molar refractivity (Wildman–Crippen MR) is 246 cm³/mol. The van der Waals surface area contributed by atoms with Crippen LogP contribution in [0.1, 0.15) is 25.0 Å². The lowest BCUT2D eigenvalue weighted by molar-refractivity contribution is 0.661. The fourth-order valence-corrected chi connectivity index (χ4v) is 10.1. The van der Waals surface area contributed by atoms with E-state index >= 15 is 0 Å². The molecule has 0 saturated carbocycles. The van der Waals surface area contributed by atoms with Crippen LogP contribution in [0, 0.1) is 0 Å². The van der Waals surface area contributed by atoms with Crippen LogP contribution in [0.5, 0.6) is 0 Å². The van der Waals surface area contributed by atoms with E-state index in [1.54, 1.807) is 0 Å². The van der Waals surface area contributed by atoms with Gasteiger partial charge in [0.25, 0.3) is 0 Å². The summed E-state index contributed by atoms with van der Waals surface area (Å²) in [5.74, 6) is 0. The van der Waals surface area contributed by atoms with Crippen molar-refractivity contribution in [1.29, 1.82) is 0 Å². The van der Waals surface area contributed by atoms with Crippen molar-refractivity contribution in [2.45, 2.75) is 19.3 Å². The number of furan rings is 1. The average Bonchev–Trinajstić information content (AvgIpc) is 3.76. The normalized spacial score (nSPS) is 13.1. The Labute approximate surface area is 337 Å². The molecule has 272 valence electrons. The first-order chi connectivity index (χ1) is 28.5. The van der Waals surface area contributed by atoms with Crippen molar-refractivity contribution >= 4 is 54.3 Å². The SMILES string of the molecule is CC1(C)c2ccc(-c3cccc(-c4c5ccccc5c(-c5cccc(-c6ccc7oc8ccccc8c7c6)c5)c5ccccc45)c3)cc2-c2c1ccc1ccccc21. The van der Waals surface area contributed by atoms with Gasteiger partial charge in [0.1, 0.15) is 11.2 Å². The first kappa shape index (κ1) is 33.0. The molecule has 0 amide bonds. The van der Waals surface area contributed by atoms with E-state index in [1.165, 1.54) is 99.1 Å². The first-order valence-electron chi connectivity index (χ1n) is 20.2. The zero-order valence-corrected chi connectivity index (χ0v) is 32.4. The van der Waals surface area contributed by atoms with Gasteiger partial charge in [-0.15, -0.1) is 0 Å². The van der Waals surface area contributed by atoms with Crippen LogP contribution in [0.25, 0.3) is 110 Å². The summed E-state index contributed by atoms with van der Waals surface area (Å²) in [5.41, 5.74) is 17.1. The molecular formula is C57H38O. The molecule has 0 N–H and O–H groups in total. The Kier molecular flexibility index (Phi) is 7.04. The van der Waals surface area contributed by atoms with Crippen LogP contribution in [0.2, 0.25) is 0 Å². The lowest BCUT2D eigenvalue weighted by Crippen LogP contribution is -2.14. The van der Waals surface area contributed by atoms with Gasteiger partial charge in [-0.1, -0.05) is 172 Å². The van der Waals surface area contributed by atoms with Crippen molar-refractivity contribution in [3.63, 3.8) is 0 Å². The summed E-state index contributed by atoms with van der Waals surface area (Å²) in [6, 6.07) is 71.6. The Morgan fingerprint density at radius 3 is 1.45 bits per heavy atom. The van der Waals surface area contributed by atoms with Crippen molar-refractivity contribution in [1.82, 2.24) is 0 Å². The second-order valence-corrected chi connectivity index (χ2v) is 16.4. The highest BCUT2D eigenvalue weighted by atomic mass is 16.3. The molecule has 0 unspecified atom stereocenters. The van der Waals surface area contributed by atoms with E-state index in [2.05, 4.69) is 196 Å². The van der Waals surface area contributed by atoms with Gasteiger partial charge in [0.05, 0.1) is 0 Å². The van der Waals surface area contributed by atoms with E-state index in [9.17, 15) is 0 Å². The van der Waals surface area contributed by atoms with E-state index in [4.69, 9.17) is 4.42 Å². The van der Waals surface area contributed by atoms with Crippen LogP contribution in [0.15, 0.2) is 199 Å². The lowest BCUT2D eigenvalue weighted by Gasteiger charge is -2.21. The van der Waals surface area contributed by atoms with Gasteiger partial charge in [-0.05, 0) is 135 Å². The molecule has 0 aliphatic heterocycles. The molecule has 12 rings (SSSR count). The maximum absolute atomic E-state index is 6.16. The topological polar surface area (TPSA) is 13.1 Å². The van der Waals surface area contributed by atoms with Crippen molar-refractivity contribution in [2.24, 2.45) is 0 Å². The van der Waals surface area contributed by atoms with Crippen molar-refractivity contribution in [3.05, 3.63) is 205 Å². The Bertz CT molecular complexity index is 3430. The molecule has 0 bridgehead atoms. The molecule has 0 spiro atoms. The number of hydrogen-bond acceptors (Lipinski definition) is 1. The molecule has 1 heterocycles. The second kappa shape index (κ2) is 12.4. The maximum Gasteiger partial charge on any atom is 0.135 e. The third-order valence-corrected chi connectivity index (χ3v) is 12.8. The highest BCUT2D eigenvalue weighted by molar-refractivity contribution is 6.21. The number of rotatable bonds is 4. The molecule has 1 aliphatic rings. The molecule has 1 nitrogen and oxygen atoms in total. The first-order valence-corrected chi connectivity index (χ1v) is 20.2. The molecule has 0 radical (unpaired) electrons. The molecule has 11 aromatic rings. The predicted octanol–water partition coefficient (Wildman–Crippen LogP) is 16.0. The quantitative estimate of drug-likeness (QED) is 0.164. The fraction of sp³-hybridized carbons (Fsp3) is 0.0526. The Hall–Kier alpha value is -7.22. The summed E-state index contributed by atoms with van der Waals surface area (Å²) >= 11 is 0. The Morgan fingerprint density at radius 1 is 0.310 bits per heavy atom. The van der Waals surface area contributed by atoms with Crippen LogP contribution in [-0.2, 0) is 5.41 Å². The summed E-state index contributed by atoms with van der Waals surface area (Å²) in [6.07, 6.45) is 0. The van der Waals surface area contributed by atoms with E-state index < -0.39 is 0 Å². The second-order valence-electron chi connectivity index (χ2n) is 16.4. The largest absolute Gasteiger partial charge is 0.456 e. The molecule has 1 aromatic heterocycles. The zero-order valence-electron chi connectivity index (χ0n) is 32.4. The molecular weight excluding hydrogens is 701 g/mol. The lowest BCUT2D eigenvalue weighted by atomic mass is 9.81. The summed E-state index contributed by atoms with van der Waals surface area (Å²) in [4.78, 5) is 0. The van der Waals surface area contributed by atoms with Crippen molar-refractivity contribution in [2.75, 3.05) is 0 Å². The molecule has 1 aliphatic carbocycles. The van der Waals surface area contributed by atoms with E-state index in [1.807, 2.05) is 12.1 Å². The minimum Gasteiger partial charge on any atom is -0.456 e. The molecule has 0 saturated heterocycles. The van der Waals surface area contributed by atoms with Crippen LogP contribution in [-0.4, -0.2) is 0 Å². The van der Waals surface area contributed by atoms with Crippen LogP contribution in [0.3, 0.4) is 0 Å². The Morgan fingerprint density at radius 2 is 0.793 bits per heavy atom. The van der Waals surface area contributed by atoms with Gasteiger partial charge in [-0.2, -0.15) is 0 Å². The summed E-state index contributed by atoms with van der Waals surface area (Å²) in [5, 5.41) is 9.90. The summed E-state index contributed by atoms with van der Waals surface area (Å²) < 4.78 is 6.16. The van der Waals surface area contributed by atoms with Crippen LogP contribution < -0.4 is 0 Å². The minimum absolute atomic E-state index is 0.0591. The third kappa shape index (κ3) is 4.83. The van der Waals surface area contributed by atoms with Gasteiger partial charge in [-0.3, -0.25) is 0 Å². The number of fused-ring (bicyclic) bond motifs is 10. The number of benzene rings is 10. The molecule has 0 fully saturated rings. The van der Waals surface area contributed by atoms with Gasteiger partial charge >= 0.3 is 0 Å². The van der Waals surface area contributed by atoms with Gasteiger partial charge in [-0.25, -0.2) is 0 Å². The van der Waals surface area contributed by atoms with Crippen LogP contribution >= 0.6 is 0 Å². The van der Waals surface area contributed by atoms with Gasteiger partial charge < -0.3 is 4.42 Å². The van der Waals surface area contributed by atoms with E-state index in [-0.39, 0.29) is 5.41 Å². The fourth-order valence-electron chi connectivity index (χ4n) is 10.1. The Balaban J connectivity index is 1.01. The van der Waals surface area contributed by atoms with Gasteiger partial charge in [0.15, 0.2) is 0 Å². The number of hydrogen-bond donors (Lipinski definition) is 0. The van der Waals surface area contributed by atoms with Gasteiger partial charge in [0.2, 0.25) is 0 Å². The maximum atomic E-state index is 6.16. The van der Waals surface area contributed by atoms with E-state index in [0.717, 1.165) is 21.9 Å². The van der Waals surface area contributed by atoms with Crippen molar-refractivity contribution in [3.8, 4) is 55.6 Å². The molecule has 10 aromatic carbocycles. The average molecular weight is 739 g/mol. The highest BCUT2D eigenvalue weighted by Crippen LogP contribution is 2.52. The monoisotopic (exact) mass is 738 g/mol. The minimum atomic E-state index is -0.0591. The summed E-state index contributed by atoms with van der Waals surface area (Å²) in [6.45, 7) is 4.73. The molecule has 0 atom stereocenters. The smallest absolute Gasteiger partial charge is 0.135 e. The summed E-state index contributed by atoms with van der Waals surface area (Å²) in [7, 11) is 0.